The van der Waals surface area contributed by atoms with Crippen molar-refractivity contribution < 1.29 is 19.2 Å². The highest BCUT2D eigenvalue weighted by atomic mass is 32.1. The summed E-state index contributed by atoms with van der Waals surface area (Å²) in [5, 5.41) is 6.88. The molecule has 0 bridgehead atoms. The number of rotatable bonds is 6. The molecule has 1 aromatic carbocycles. The summed E-state index contributed by atoms with van der Waals surface area (Å²) in [6.45, 7) is 4.88. The number of nitrogens with one attached hydrogen (secondary N) is 3. The van der Waals surface area contributed by atoms with Gasteiger partial charge in [0.15, 0.2) is 5.11 Å². The maximum Gasteiger partial charge on any atom is 0.341 e. The maximum atomic E-state index is 12.8. The highest BCUT2D eigenvalue weighted by Gasteiger charge is 2.31. The van der Waals surface area contributed by atoms with Crippen LogP contribution in [0.4, 0.5) is 5.00 Å². The van der Waals surface area contributed by atoms with Crippen molar-refractivity contribution in [3.63, 3.8) is 0 Å². The number of carbonyl (C=O) groups is 2. The van der Waals surface area contributed by atoms with Crippen LogP contribution in [0.2, 0.25) is 0 Å². The second-order valence-corrected chi connectivity index (χ2v) is 9.96. The lowest BCUT2D eigenvalue weighted by atomic mass is 10.0. The number of ether oxygens (including phenoxy) is 1. The molecule has 170 valence electrons. The van der Waals surface area contributed by atoms with Gasteiger partial charge < -0.3 is 20.3 Å². The van der Waals surface area contributed by atoms with Gasteiger partial charge in [-0.2, -0.15) is 0 Å². The smallest absolute Gasteiger partial charge is 0.341 e. The van der Waals surface area contributed by atoms with E-state index in [0.717, 1.165) is 57.3 Å². The number of hydrogen-bond donors (Lipinski definition) is 3. The Morgan fingerprint density at radius 1 is 1.22 bits per heavy atom. The van der Waals surface area contributed by atoms with E-state index in [4.69, 9.17) is 17.0 Å². The van der Waals surface area contributed by atoms with E-state index in [1.165, 1.54) is 15.3 Å². The summed E-state index contributed by atoms with van der Waals surface area (Å²) in [4.78, 5) is 27.9. The highest BCUT2D eigenvalue weighted by molar-refractivity contribution is 7.80. The Morgan fingerprint density at radius 2 is 1.97 bits per heavy atom. The average Bonchev–Trinajstić information content (AvgIpc) is 3.42. The van der Waals surface area contributed by atoms with Crippen molar-refractivity contribution in [2.75, 3.05) is 18.5 Å². The van der Waals surface area contributed by atoms with Crippen LogP contribution in [-0.2, 0) is 29.0 Å². The van der Waals surface area contributed by atoms with Crippen molar-refractivity contribution in [2.24, 2.45) is 5.92 Å². The standard InChI is InChI=1S/C24H29N3O3S2/c1-2-30-23(29)20-18-12-13-27(14-16-8-4-3-5-9-16)15-19(18)32-22(20)26-24(31)25-21(28)17-10-6-7-11-17/h3-5,8-9,17H,2,6-7,10-15H2,1H3,(H2,25,26,28,31)/p+1. The third kappa shape index (κ3) is 5.36. The Morgan fingerprint density at radius 3 is 2.69 bits per heavy atom. The van der Waals surface area contributed by atoms with Gasteiger partial charge in [0.05, 0.1) is 23.6 Å². The topological polar surface area (TPSA) is 71.9 Å². The van der Waals surface area contributed by atoms with E-state index >= 15 is 0 Å². The molecule has 0 saturated heterocycles. The number of benzene rings is 1. The van der Waals surface area contributed by atoms with Crippen molar-refractivity contribution in [3.8, 4) is 0 Å². The lowest BCUT2D eigenvalue weighted by Crippen LogP contribution is -3.10. The molecule has 0 radical (unpaired) electrons. The molecule has 1 unspecified atom stereocenters. The molecule has 1 amide bonds. The van der Waals surface area contributed by atoms with Gasteiger partial charge in [-0.05, 0) is 37.5 Å². The minimum Gasteiger partial charge on any atom is -0.462 e. The van der Waals surface area contributed by atoms with Crippen LogP contribution in [0.1, 0.15) is 59.0 Å². The van der Waals surface area contributed by atoms with E-state index in [0.29, 0.717) is 17.2 Å². The van der Waals surface area contributed by atoms with Gasteiger partial charge in [0, 0.05) is 17.9 Å². The van der Waals surface area contributed by atoms with Crippen LogP contribution in [-0.4, -0.2) is 30.1 Å². The Labute approximate surface area is 198 Å². The lowest BCUT2D eigenvalue weighted by molar-refractivity contribution is -0.929. The van der Waals surface area contributed by atoms with Gasteiger partial charge in [-0.25, -0.2) is 4.79 Å². The van der Waals surface area contributed by atoms with Gasteiger partial charge >= 0.3 is 5.97 Å². The van der Waals surface area contributed by atoms with Gasteiger partial charge in [0.1, 0.15) is 18.1 Å². The molecule has 2 aliphatic rings. The van der Waals surface area contributed by atoms with Gasteiger partial charge in [-0.15, -0.1) is 11.3 Å². The molecule has 8 heteroatoms. The van der Waals surface area contributed by atoms with Crippen molar-refractivity contribution in [3.05, 3.63) is 51.9 Å². The largest absolute Gasteiger partial charge is 0.462 e. The molecule has 1 aliphatic carbocycles. The molecule has 1 aliphatic heterocycles. The van der Waals surface area contributed by atoms with E-state index < -0.39 is 0 Å². The average molecular weight is 473 g/mol. The zero-order valence-corrected chi connectivity index (χ0v) is 20.0. The van der Waals surface area contributed by atoms with E-state index in [2.05, 4.69) is 34.9 Å². The third-order valence-corrected chi connectivity index (χ3v) is 7.55. The fraction of sp³-hybridized carbons (Fsp3) is 0.458. The number of hydrogen-bond acceptors (Lipinski definition) is 5. The summed E-state index contributed by atoms with van der Waals surface area (Å²) in [6.07, 6.45) is 4.81. The normalized spacial score (nSPS) is 18.1. The van der Waals surface area contributed by atoms with Crippen molar-refractivity contribution in [1.29, 1.82) is 0 Å². The van der Waals surface area contributed by atoms with Crippen LogP contribution in [0.5, 0.6) is 0 Å². The minimum atomic E-state index is -0.330. The number of esters is 1. The molecule has 1 saturated carbocycles. The first-order chi connectivity index (χ1) is 15.5. The van der Waals surface area contributed by atoms with E-state index in [1.54, 1.807) is 11.3 Å². The van der Waals surface area contributed by atoms with Crippen molar-refractivity contribution >= 4 is 45.5 Å². The highest BCUT2D eigenvalue weighted by Crippen LogP contribution is 2.35. The first-order valence-corrected chi connectivity index (χ1v) is 12.6. The fourth-order valence-corrected chi connectivity index (χ4v) is 6.19. The summed E-state index contributed by atoms with van der Waals surface area (Å²) in [5.41, 5.74) is 2.93. The van der Waals surface area contributed by atoms with E-state index in [-0.39, 0.29) is 22.9 Å². The summed E-state index contributed by atoms with van der Waals surface area (Å²) >= 11 is 6.96. The number of anilines is 1. The number of fused-ring (bicyclic) bond motifs is 1. The third-order valence-electron chi connectivity index (χ3n) is 6.20. The van der Waals surface area contributed by atoms with Crippen LogP contribution in [0, 0.1) is 5.92 Å². The SMILES string of the molecule is CCOC(=O)c1c(NC(=S)NC(=O)C2CCCC2)sc2c1CC[NH+](Cc1ccccc1)C2. The van der Waals surface area contributed by atoms with Crippen LogP contribution in [0.15, 0.2) is 30.3 Å². The number of quaternary nitrogens is 1. The van der Waals surface area contributed by atoms with Crippen LogP contribution < -0.4 is 15.5 Å². The zero-order valence-electron chi connectivity index (χ0n) is 18.4. The van der Waals surface area contributed by atoms with Crippen LogP contribution >= 0.6 is 23.6 Å². The molecule has 2 heterocycles. The number of amides is 1. The van der Waals surface area contributed by atoms with Gasteiger partial charge in [-0.3, -0.25) is 4.79 Å². The van der Waals surface area contributed by atoms with Gasteiger partial charge in [0.2, 0.25) is 5.91 Å². The summed E-state index contributed by atoms with van der Waals surface area (Å²) in [6, 6.07) is 10.5. The Hall–Kier alpha value is -2.29. The quantitative estimate of drug-likeness (QED) is 0.445. The summed E-state index contributed by atoms with van der Waals surface area (Å²) < 4.78 is 5.35. The first-order valence-electron chi connectivity index (χ1n) is 11.4. The molecule has 2 aromatic rings. The molecule has 1 fully saturated rings. The van der Waals surface area contributed by atoms with Crippen molar-refractivity contribution in [1.82, 2.24) is 5.32 Å². The molecule has 6 nitrogen and oxygen atoms in total. The molecule has 4 rings (SSSR count). The number of thiophene rings is 1. The van der Waals surface area contributed by atoms with Crippen LogP contribution in [0.3, 0.4) is 0 Å². The lowest BCUT2D eigenvalue weighted by Gasteiger charge is -2.24. The molecule has 32 heavy (non-hydrogen) atoms. The monoisotopic (exact) mass is 472 g/mol. The minimum absolute atomic E-state index is 0.0301. The number of carbonyl (C=O) groups excluding carboxylic acids is 2. The molecule has 1 aromatic heterocycles. The van der Waals surface area contributed by atoms with Crippen molar-refractivity contribution in [2.45, 2.75) is 52.1 Å². The molecule has 0 spiro atoms. The second kappa shape index (κ2) is 10.6. The van der Waals surface area contributed by atoms with Gasteiger partial charge in [0.25, 0.3) is 0 Å². The predicted octanol–water partition coefficient (Wildman–Crippen LogP) is 3.07. The molecular formula is C24H30N3O3S2+. The fourth-order valence-electron chi connectivity index (χ4n) is 4.62. The Bertz CT molecular complexity index is 984. The maximum absolute atomic E-state index is 12.8. The van der Waals surface area contributed by atoms with E-state index in [9.17, 15) is 9.59 Å². The molecular weight excluding hydrogens is 442 g/mol. The first kappa shape index (κ1) is 22.9. The van der Waals surface area contributed by atoms with E-state index in [1.807, 2.05) is 13.0 Å². The zero-order chi connectivity index (χ0) is 22.5. The van der Waals surface area contributed by atoms with Gasteiger partial charge in [-0.1, -0.05) is 43.2 Å². The number of thiocarbonyl (C=S) groups is 1. The Kier molecular flexibility index (Phi) is 7.55. The second-order valence-electron chi connectivity index (χ2n) is 8.44. The summed E-state index contributed by atoms with van der Waals surface area (Å²) in [7, 11) is 0. The molecule has 3 N–H and O–H groups in total. The Balaban J connectivity index is 1.50. The summed E-state index contributed by atoms with van der Waals surface area (Å²) in [5.74, 6) is -0.327. The predicted molar refractivity (Wildman–Crippen MR) is 130 cm³/mol. The van der Waals surface area contributed by atoms with Crippen LogP contribution in [0.25, 0.3) is 0 Å². The molecule has 1 atom stereocenters.